The molecule has 2 rings (SSSR count). The zero-order valence-electron chi connectivity index (χ0n) is 9.05. The number of rotatable bonds is 2. The van der Waals surface area contributed by atoms with Crippen molar-refractivity contribution in [2.45, 2.75) is 31.3 Å². The fourth-order valence-corrected chi connectivity index (χ4v) is 2.71. The van der Waals surface area contributed by atoms with Crippen LogP contribution >= 0.6 is 23.2 Å². The van der Waals surface area contributed by atoms with Crippen LogP contribution in [0.5, 0.6) is 0 Å². The zero-order valence-corrected chi connectivity index (χ0v) is 10.6. The Morgan fingerprint density at radius 3 is 2.75 bits per heavy atom. The van der Waals surface area contributed by atoms with Gasteiger partial charge >= 0.3 is 0 Å². The van der Waals surface area contributed by atoms with Gasteiger partial charge < -0.3 is 11.1 Å². The molecule has 0 saturated carbocycles. The van der Waals surface area contributed by atoms with Crippen molar-refractivity contribution in [1.29, 1.82) is 0 Å². The Morgan fingerprint density at radius 2 is 2.12 bits per heavy atom. The van der Waals surface area contributed by atoms with Gasteiger partial charge in [-0.2, -0.15) is 0 Å². The van der Waals surface area contributed by atoms with E-state index in [0.29, 0.717) is 16.1 Å². The molecule has 2 nitrogen and oxygen atoms in total. The molecule has 1 aromatic carbocycles. The molecule has 0 bridgehead atoms. The number of piperidine rings is 1. The number of benzene rings is 1. The van der Waals surface area contributed by atoms with Crippen LogP contribution in [0.4, 0.5) is 0 Å². The van der Waals surface area contributed by atoms with Crippen molar-refractivity contribution in [3.8, 4) is 0 Å². The molecular weight excluding hydrogens is 243 g/mol. The van der Waals surface area contributed by atoms with E-state index in [1.165, 1.54) is 12.8 Å². The minimum Gasteiger partial charge on any atom is -0.323 e. The van der Waals surface area contributed by atoms with Gasteiger partial charge in [0.2, 0.25) is 0 Å². The van der Waals surface area contributed by atoms with E-state index in [9.17, 15) is 0 Å². The summed E-state index contributed by atoms with van der Waals surface area (Å²) in [6.45, 7) is 1.05. The minimum absolute atomic E-state index is 0.0509. The predicted molar refractivity (Wildman–Crippen MR) is 69.0 cm³/mol. The Hall–Kier alpha value is -0.280. The van der Waals surface area contributed by atoms with Gasteiger partial charge in [0.1, 0.15) is 0 Å². The summed E-state index contributed by atoms with van der Waals surface area (Å²) in [4.78, 5) is 0. The SMILES string of the molecule is NC(c1ccc(Cl)cc1Cl)C1CCCCN1. The maximum absolute atomic E-state index is 6.23. The summed E-state index contributed by atoms with van der Waals surface area (Å²) in [5, 5.41) is 4.75. The molecule has 0 aliphatic carbocycles. The van der Waals surface area contributed by atoms with Crippen molar-refractivity contribution in [2.24, 2.45) is 5.73 Å². The molecule has 0 radical (unpaired) electrons. The summed E-state index contributed by atoms with van der Waals surface area (Å²) >= 11 is 12.0. The van der Waals surface area contributed by atoms with Gasteiger partial charge in [0.15, 0.2) is 0 Å². The number of halogens is 2. The van der Waals surface area contributed by atoms with Crippen LogP contribution in [0.2, 0.25) is 10.0 Å². The lowest BCUT2D eigenvalue weighted by atomic mass is 9.93. The number of hydrogen-bond acceptors (Lipinski definition) is 2. The summed E-state index contributed by atoms with van der Waals surface area (Å²) < 4.78 is 0. The molecule has 0 spiro atoms. The quantitative estimate of drug-likeness (QED) is 0.856. The first kappa shape index (κ1) is 12.2. The van der Waals surface area contributed by atoms with Crippen LogP contribution in [0.15, 0.2) is 18.2 Å². The van der Waals surface area contributed by atoms with Gasteiger partial charge in [-0.05, 0) is 37.1 Å². The van der Waals surface area contributed by atoms with E-state index in [0.717, 1.165) is 18.5 Å². The summed E-state index contributed by atoms with van der Waals surface area (Å²) in [7, 11) is 0. The van der Waals surface area contributed by atoms with Crippen molar-refractivity contribution in [2.75, 3.05) is 6.54 Å². The van der Waals surface area contributed by atoms with Crippen LogP contribution in [0.1, 0.15) is 30.9 Å². The lowest BCUT2D eigenvalue weighted by Crippen LogP contribution is -2.42. The Balaban J connectivity index is 2.15. The van der Waals surface area contributed by atoms with Crippen LogP contribution in [-0.2, 0) is 0 Å². The highest BCUT2D eigenvalue weighted by molar-refractivity contribution is 6.35. The minimum atomic E-state index is -0.0509. The van der Waals surface area contributed by atoms with E-state index in [-0.39, 0.29) is 6.04 Å². The van der Waals surface area contributed by atoms with Crippen molar-refractivity contribution >= 4 is 23.2 Å². The fraction of sp³-hybridized carbons (Fsp3) is 0.500. The van der Waals surface area contributed by atoms with Crippen molar-refractivity contribution in [3.63, 3.8) is 0 Å². The second-order valence-corrected chi connectivity index (χ2v) is 5.09. The highest BCUT2D eigenvalue weighted by Crippen LogP contribution is 2.28. The first-order valence-electron chi connectivity index (χ1n) is 5.62. The van der Waals surface area contributed by atoms with Crippen molar-refractivity contribution in [3.05, 3.63) is 33.8 Å². The number of nitrogens with two attached hydrogens (primary N) is 1. The van der Waals surface area contributed by atoms with Crippen LogP contribution in [0.25, 0.3) is 0 Å². The van der Waals surface area contributed by atoms with E-state index < -0.39 is 0 Å². The molecule has 4 heteroatoms. The van der Waals surface area contributed by atoms with E-state index in [2.05, 4.69) is 5.32 Å². The van der Waals surface area contributed by atoms with Crippen LogP contribution in [0.3, 0.4) is 0 Å². The average molecular weight is 259 g/mol. The maximum atomic E-state index is 6.23. The highest BCUT2D eigenvalue weighted by atomic mass is 35.5. The van der Waals surface area contributed by atoms with Gasteiger partial charge in [-0.15, -0.1) is 0 Å². The van der Waals surface area contributed by atoms with Gasteiger partial charge in [0, 0.05) is 22.1 Å². The first-order chi connectivity index (χ1) is 7.68. The molecule has 3 N–H and O–H groups in total. The molecule has 1 aromatic rings. The van der Waals surface area contributed by atoms with Gasteiger partial charge in [0.05, 0.1) is 0 Å². The Bertz CT molecular complexity index is 362. The van der Waals surface area contributed by atoms with Gasteiger partial charge in [-0.25, -0.2) is 0 Å². The lowest BCUT2D eigenvalue weighted by Gasteiger charge is -2.29. The van der Waals surface area contributed by atoms with Gasteiger partial charge in [-0.1, -0.05) is 35.7 Å². The molecule has 2 unspecified atom stereocenters. The molecule has 88 valence electrons. The smallest absolute Gasteiger partial charge is 0.0469 e. The zero-order chi connectivity index (χ0) is 11.5. The summed E-state index contributed by atoms with van der Waals surface area (Å²) in [6.07, 6.45) is 3.58. The molecule has 1 aliphatic rings. The van der Waals surface area contributed by atoms with E-state index >= 15 is 0 Å². The van der Waals surface area contributed by atoms with E-state index in [4.69, 9.17) is 28.9 Å². The number of nitrogens with one attached hydrogen (secondary N) is 1. The monoisotopic (exact) mass is 258 g/mol. The fourth-order valence-electron chi connectivity index (χ4n) is 2.17. The predicted octanol–water partition coefficient (Wildman–Crippen LogP) is 3.14. The Labute approximate surface area is 106 Å². The Kier molecular flexibility index (Phi) is 4.09. The van der Waals surface area contributed by atoms with Crippen LogP contribution < -0.4 is 11.1 Å². The second kappa shape index (κ2) is 5.37. The molecule has 1 heterocycles. The Morgan fingerprint density at radius 1 is 1.31 bits per heavy atom. The standard InChI is InChI=1S/C12H16Cl2N2/c13-8-4-5-9(10(14)7-8)12(15)11-3-1-2-6-16-11/h4-5,7,11-12,16H,1-3,6,15H2. The lowest BCUT2D eigenvalue weighted by molar-refractivity contribution is 0.354. The summed E-state index contributed by atoms with van der Waals surface area (Å²) in [6, 6.07) is 5.79. The van der Waals surface area contributed by atoms with Crippen LogP contribution in [0, 0.1) is 0 Å². The third kappa shape index (κ3) is 2.69. The van der Waals surface area contributed by atoms with Crippen molar-refractivity contribution < 1.29 is 0 Å². The largest absolute Gasteiger partial charge is 0.323 e. The molecular formula is C12H16Cl2N2. The van der Waals surface area contributed by atoms with E-state index in [1.807, 2.05) is 12.1 Å². The molecule has 1 fully saturated rings. The first-order valence-corrected chi connectivity index (χ1v) is 6.38. The third-order valence-corrected chi connectivity index (χ3v) is 3.67. The molecule has 0 amide bonds. The second-order valence-electron chi connectivity index (χ2n) is 4.25. The van der Waals surface area contributed by atoms with Gasteiger partial charge in [0.25, 0.3) is 0 Å². The van der Waals surface area contributed by atoms with E-state index in [1.54, 1.807) is 6.07 Å². The van der Waals surface area contributed by atoms with Crippen LogP contribution in [-0.4, -0.2) is 12.6 Å². The summed E-state index contributed by atoms with van der Waals surface area (Å²) in [5.74, 6) is 0. The maximum Gasteiger partial charge on any atom is 0.0469 e. The summed E-state index contributed by atoms with van der Waals surface area (Å²) in [5.41, 5.74) is 7.21. The molecule has 1 aliphatic heterocycles. The molecule has 0 aromatic heterocycles. The molecule has 2 atom stereocenters. The number of hydrogen-bond donors (Lipinski definition) is 2. The van der Waals surface area contributed by atoms with Gasteiger partial charge in [-0.3, -0.25) is 0 Å². The normalized spacial score (nSPS) is 23.1. The topological polar surface area (TPSA) is 38.0 Å². The highest BCUT2D eigenvalue weighted by Gasteiger charge is 2.22. The molecule has 1 saturated heterocycles. The molecule has 16 heavy (non-hydrogen) atoms. The third-order valence-electron chi connectivity index (χ3n) is 3.10. The average Bonchev–Trinajstić information content (AvgIpc) is 2.29. The van der Waals surface area contributed by atoms with Crippen molar-refractivity contribution in [1.82, 2.24) is 5.32 Å².